The number of epoxide rings is 2. The highest BCUT2D eigenvalue weighted by Gasteiger charge is 2.72. The molecule has 1 saturated carbocycles. The van der Waals surface area contributed by atoms with Crippen LogP contribution in [0.15, 0.2) is 11.6 Å². The lowest BCUT2D eigenvalue weighted by molar-refractivity contribution is -0.118. The van der Waals surface area contributed by atoms with Crippen molar-refractivity contribution in [3.8, 4) is 0 Å². The van der Waals surface area contributed by atoms with Gasteiger partial charge in [-0.3, -0.25) is 0 Å². The molecule has 6 atom stereocenters. The van der Waals surface area contributed by atoms with E-state index in [9.17, 15) is 4.79 Å². The lowest BCUT2D eigenvalue weighted by Gasteiger charge is -2.42. The van der Waals surface area contributed by atoms with Crippen molar-refractivity contribution in [3.05, 3.63) is 11.6 Å². The molecule has 3 fully saturated rings. The highest BCUT2D eigenvalue weighted by Crippen LogP contribution is 2.59. The number of hydrogen-bond donors (Lipinski definition) is 2. The Morgan fingerprint density at radius 3 is 2.63 bits per heavy atom. The number of rotatable bonds is 11. The second-order valence-corrected chi connectivity index (χ2v) is 9.45. The Labute approximate surface area is 181 Å². The average molecular weight is 425 g/mol. The van der Waals surface area contributed by atoms with E-state index < -0.39 is 0 Å². The van der Waals surface area contributed by atoms with Crippen LogP contribution in [0.25, 0.3) is 0 Å². The van der Waals surface area contributed by atoms with Gasteiger partial charge in [0, 0.05) is 13.7 Å². The van der Waals surface area contributed by atoms with Gasteiger partial charge < -0.3 is 30.0 Å². The van der Waals surface area contributed by atoms with E-state index in [1.165, 1.54) is 5.57 Å². The number of amides is 1. The minimum atomic E-state index is -0.366. The third kappa shape index (κ3) is 5.36. The summed E-state index contributed by atoms with van der Waals surface area (Å²) in [5.74, 6) is 0.0494. The number of hydrogen-bond acceptors (Lipinski definition) is 6. The third-order valence-corrected chi connectivity index (χ3v) is 6.90. The van der Waals surface area contributed by atoms with E-state index in [4.69, 9.17) is 24.7 Å². The van der Waals surface area contributed by atoms with Gasteiger partial charge in [0.05, 0.1) is 18.6 Å². The monoisotopic (exact) mass is 424 g/mol. The first kappa shape index (κ1) is 23.5. The molecule has 0 aromatic heterocycles. The third-order valence-electron chi connectivity index (χ3n) is 6.90. The summed E-state index contributed by atoms with van der Waals surface area (Å²) in [5.41, 5.74) is 6.28. The first-order valence-corrected chi connectivity index (χ1v) is 11.5. The fraction of sp³-hybridized carbons (Fsp3) is 0.870. The van der Waals surface area contributed by atoms with Crippen LogP contribution in [0.1, 0.15) is 65.7 Å². The first-order valence-electron chi connectivity index (χ1n) is 11.5. The van der Waals surface area contributed by atoms with Crippen LogP contribution in [0, 0.1) is 5.92 Å². The van der Waals surface area contributed by atoms with Crippen molar-refractivity contribution in [1.82, 2.24) is 5.32 Å². The molecule has 0 aromatic rings. The second kappa shape index (κ2) is 9.98. The van der Waals surface area contributed by atoms with Crippen LogP contribution in [0.4, 0.5) is 4.79 Å². The normalized spacial score (nSPS) is 37.0. The molecular formula is C23H40N2O5. The molecule has 1 spiro atoms. The summed E-state index contributed by atoms with van der Waals surface area (Å²) in [5, 5.41) is 2.88. The topological polar surface area (TPSA) is 98.6 Å². The van der Waals surface area contributed by atoms with Gasteiger partial charge in [0.15, 0.2) is 0 Å². The average Bonchev–Trinajstić information content (AvgIpc) is 3.62. The van der Waals surface area contributed by atoms with Gasteiger partial charge in [-0.2, -0.15) is 0 Å². The summed E-state index contributed by atoms with van der Waals surface area (Å²) in [4.78, 5) is 12.4. The van der Waals surface area contributed by atoms with Crippen LogP contribution in [-0.2, 0) is 18.9 Å². The van der Waals surface area contributed by atoms with Crippen molar-refractivity contribution < 1.29 is 23.7 Å². The Kier molecular flexibility index (Phi) is 7.82. The number of methoxy groups -OCH3 is 1. The quantitative estimate of drug-likeness (QED) is 0.300. The van der Waals surface area contributed by atoms with E-state index in [2.05, 4.69) is 32.2 Å². The Morgan fingerprint density at radius 2 is 2.00 bits per heavy atom. The summed E-state index contributed by atoms with van der Waals surface area (Å²) in [6.07, 6.45) is 8.09. The molecule has 172 valence electrons. The highest BCUT2D eigenvalue weighted by molar-refractivity contribution is 5.67. The number of nitrogens with two attached hydrogens (primary N) is 1. The fourth-order valence-electron chi connectivity index (χ4n) is 5.06. The van der Waals surface area contributed by atoms with Gasteiger partial charge in [0.2, 0.25) is 0 Å². The van der Waals surface area contributed by atoms with Crippen molar-refractivity contribution in [2.24, 2.45) is 11.7 Å². The van der Waals surface area contributed by atoms with Gasteiger partial charge in [-0.25, -0.2) is 4.79 Å². The Hall–Kier alpha value is -1.15. The van der Waals surface area contributed by atoms with E-state index in [-0.39, 0.29) is 41.5 Å². The van der Waals surface area contributed by atoms with Gasteiger partial charge in [0.25, 0.3) is 0 Å². The van der Waals surface area contributed by atoms with Crippen molar-refractivity contribution >= 4 is 6.09 Å². The molecule has 3 aliphatic rings. The van der Waals surface area contributed by atoms with Crippen LogP contribution >= 0.6 is 0 Å². The maximum absolute atomic E-state index is 12.4. The molecule has 2 heterocycles. The number of unbranched alkanes of at least 4 members (excludes halogenated alkanes) is 3. The Morgan fingerprint density at radius 1 is 1.27 bits per heavy atom. The molecule has 1 aliphatic carbocycles. The van der Waals surface area contributed by atoms with E-state index in [1.807, 2.05) is 0 Å². The van der Waals surface area contributed by atoms with Gasteiger partial charge in [-0.15, -0.1) is 0 Å². The molecule has 0 radical (unpaired) electrons. The van der Waals surface area contributed by atoms with Crippen molar-refractivity contribution in [2.45, 2.75) is 95.2 Å². The fourth-order valence-corrected chi connectivity index (χ4v) is 5.06. The molecular weight excluding hydrogens is 384 g/mol. The second-order valence-electron chi connectivity index (χ2n) is 9.45. The molecule has 1 amide bonds. The summed E-state index contributed by atoms with van der Waals surface area (Å²) >= 11 is 0. The van der Waals surface area contributed by atoms with Crippen LogP contribution in [0.3, 0.4) is 0 Å². The zero-order chi connectivity index (χ0) is 21.8. The van der Waals surface area contributed by atoms with Crippen molar-refractivity contribution in [3.63, 3.8) is 0 Å². The van der Waals surface area contributed by atoms with E-state index in [0.29, 0.717) is 6.54 Å². The molecule has 7 nitrogen and oxygen atoms in total. The predicted molar refractivity (Wildman–Crippen MR) is 115 cm³/mol. The smallest absolute Gasteiger partial charge is 0.407 e. The molecule has 0 bridgehead atoms. The van der Waals surface area contributed by atoms with Crippen LogP contribution in [-0.4, -0.2) is 62.4 Å². The summed E-state index contributed by atoms with van der Waals surface area (Å²) < 4.78 is 23.9. The molecule has 3 rings (SSSR count). The first-order chi connectivity index (χ1) is 14.4. The molecule has 5 unspecified atom stereocenters. The number of carbonyl (C=O) groups is 1. The van der Waals surface area contributed by atoms with Gasteiger partial charge in [0.1, 0.15) is 23.4 Å². The zero-order valence-electron chi connectivity index (χ0n) is 19.1. The van der Waals surface area contributed by atoms with E-state index >= 15 is 0 Å². The standard InChI is InChI=1S/C23H40N2O5/c1-16(2)9-10-18-22(3,30-18)20-19(27-4)17(11-12-23(20)15-28-23)29-21(26)25-14-8-6-5-7-13-24/h9,17-20H,5-8,10-15,24H2,1-4H3,(H,25,26)/t17?,18?,19?,20?,22?,23-/m0/s1. The van der Waals surface area contributed by atoms with Crippen molar-refractivity contribution in [1.29, 1.82) is 0 Å². The zero-order valence-corrected chi connectivity index (χ0v) is 19.1. The van der Waals surface area contributed by atoms with Crippen molar-refractivity contribution in [2.75, 3.05) is 26.8 Å². The van der Waals surface area contributed by atoms with Gasteiger partial charge >= 0.3 is 6.09 Å². The van der Waals surface area contributed by atoms with Crippen LogP contribution < -0.4 is 11.1 Å². The maximum atomic E-state index is 12.4. The number of nitrogens with one attached hydrogen (secondary N) is 1. The van der Waals surface area contributed by atoms with Crippen LogP contribution in [0.5, 0.6) is 0 Å². The molecule has 3 N–H and O–H groups in total. The SMILES string of the molecule is COC1C(OC(=O)NCCCCCCN)CC[C@]2(CO2)C1C1(C)OC1CC=C(C)C. The number of ether oxygens (including phenoxy) is 4. The lowest BCUT2D eigenvalue weighted by Crippen LogP contribution is -2.56. The van der Waals surface area contributed by atoms with Gasteiger partial charge in [-0.05, 0) is 59.4 Å². The Balaban J connectivity index is 1.56. The van der Waals surface area contributed by atoms with E-state index in [1.54, 1.807) is 7.11 Å². The number of alkyl carbamates (subject to hydrolysis) is 1. The minimum Gasteiger partial charge on any atom is -0.443 e. The largest absolute Gasteiger partial charge is 0.443 e. The predicted octanol–water partition coefficient (Wildman–Crippen LogP) is 3.31. The number of carbonyl (C=O) groups excluding carboxylic acids is 1. The van der Waals surface area contributed by atoms with Crippen LogP contribution in [0.2, 0.25) is 0 Å². The molecule has 2 aliphatic heterocycles. The summed E-state index contributed by atoms with van der Waals surface area (Å²) in [6.45, 7) is 8.43. The molecule has 30 heavy (non-hydrogen) atoms. The Bertz CT molecular complexity index is 617. The summed E-state index contributed by atoms with van der Waals surface area (Å²) in [7, 11) is 1.70. The maximum Gasteiger partial charge on any atom is 0.407 e. The number of allylic oxidation sites excluding steroid dienone is 1. The van der Waals surface area contributed by atoms with E-state index in [0.717, 1.165) is 58.1 Å². The minimum absolute atomic E-state index is 0.0494. The highest BCUT2D eigenvalue weighted by atomic mass is 16.6. The van der Waals surface area contributed by atoms with Gasteiger partial charge in [-0.1, -0.05) is 24.5 Å². The molecule has 2 saturated heterocycles. The lowest BCUT2D eigenvalue weighted by atomic mass is 9.68. The molecule has 7 heteroatoms. The summed E-state index contributed by atoms with van der Waals surface area (Å²) in [6, 6.07) is 0. The molecule has 0 aromatic carbocycles.